The molecule has 1 fully saturated rings. The maximum Gasteiger partial charge on any atom is 0.333 e. The first-order valence-electron chi connectivity index (χ1n) is 9.61. The van der Waals surface area contributed by atoms with Crippen LogP contribution in [0.1, 0.15) is 55.6 Å². The van der Waals surface area contributed by atoms with Gasteiger partial charge in [0, 0.05) is 17.2 Å². The fourth-order valence-corrected chi connectivity index (χ4v) is 3.82. The molecule has 1 atom stereocenters. The fourth-order valence-electron chi connectivity index (χ4n) is 3.82. The molecule has 2 aromatic rings. The molecule has 27 heavy (non-hydrogen) atoms. The Labute approximate surface area is 159 Å². The zero-order valence-corrected chi connectivity index (χ0v) is 16.2. The summed E-state index contributed by atoms with van der Waals surface area (Å²) in [5.41, 5.74) is 3.15. The molecule has 0 aliphatic heterocycles. The number of nitrogens with one attached hydrogen (secondary N) is 1. The normalized spacial score (nSPS) is 15.5. The van der Waals surface area contributed by atoms with Crippen LogP contribution in [0.5, 0.6) is 0 Å². The van der Waals surface area contributed by atoms with Crippen LogP contribution in [0.2, 0.25) is 0 Å². The van der Waals surface area contributed by atoms with E-state index >= 15 is 0 Å². The Morgan fingerprint density at radius 2 is 1.89 bits per heavy atom. The molecule has 6 nitrogen and oxygen atoms in total. The molecule has 144 valence electrons. The summed E-state index contributed by atoms with van der Waals surface area (Å²) in [6, 6.07) is 8.90. The van der Waals surface area contributed by atoms with Crippen LogP contribution >= 0.6 is 0 Å². The average molecular weight is 369 g/mol. The minimum absolute atomic E-state index is 0.0216. The van der Waals surface area contributed by atoms with E-state index in [-0.39, 0.29) is 18.4 Å². The van der Waals surface area contributed by atoms with Crippen LogP contribution in [0.3, 0.4) is 0 Å². The number of rotatable bonds is 6. The quantitative estimate of drug-likeness (QED) is 0.792. The Hall–Kier alpha value is -2.63. The van der Waals surface area contributed by atoms with E-state index in [1.165, 1.54) is 0 Å². The number of carbonyl (C=O) groups is 2. The first-order valence-corrected chi connectivity index (χ1v) is 9.61. The molecule has 1 aliphatic carbocycles. The number of carbonyl (C=O) groups excluding carboxylic acids is 2. The molecule has 1 amide bonds. The third kappa shape index (κ3) is 4.04. The van der Waals surface area contributed by atoms with Crippen LogP contribution in [0.4, 0.5) is 0 Å². The number of benzene rings is 1. The monoisotopic (exact) mass is 369 g/mol. The van der Waals surface area contributed by atoms with E-state index < -0.39 is 12.0 Å². The summed E-state index contributed by atoms with van der Waals surface area (Å²) >= 11 is 0. The van der Waals surface area contributed by atoms with Crippen LogP contribution in [0, 0.1) is 19.8 Å². The lowest BCUT2D eigenvalue weighted by Gasteiger charge is -2.20. The Bertz CT molecular complexity index is 808. The fraction of sp³-hybridized carbons (Fsp3) is 0.476. The van der Waals surface area contributed by atoms with Crippen molar-refractivity contribution < 1.29 is 14.3 Å². The van der Waals surface area contributed by atoms with Crippen LogP contribution in [0.25, 0.3) is 5.69 Å². The van der Waals surface area contributed by atoms with Gasteiger partial charge in [0.1, 0.15) is 0 Å². The highest BCUT2D eigenvalue weighted by Gasteiger charge is 2.33. The van der Waals surface area contributed by atoms with E-state index in [0.29, 0.717) is 11.3 Å². The van der Waals surface area contributed by atoms with Gasteiger partial charge in [0.05, 0.1) is 18.0 Å². The van der Waals surface area contributed by atoms with Crippen LogP contribution in [0.15, 0.2) is 30.3 Å². The summed E-state index contributed by atoms with van der Waals surface area (Å²) in [4.78, 5) is 25.4. The number of hydrogen-bond acceptors (Lipinski definition) is 4. The van der Waals surface area contributed by atoms with E-state index in [1.54, 1.807) is 11.6 Å². The van der Waals surface area contributed by atoms with Crippen molar-refractivity contribution in [1.82, 2.24) is 15.1 Å². The van der Waals surface area contributed by atoms with Crippen molar-refractivity contribution in [3.05, 3.63) is 47.3 Å². The van der Waals surface area contributed by atoms with Gasteiger partial charge >= 0.3 is 5.97 Å². The van der Waals surface area contributed by atoms with Crippen molar-refractivity contribution in [3.8, 4) is 5.69 Å². The molecule has 1 saturated carbocycles. The number of aryl methyl sites for hydroxylation is 1. The predicted molar refractivity (Wildman–Crippen MR) is 103 cm³/mol. The van der Waals surface area contributed by atoms with Crippen molar-refractivity contribution in [2.24, 2.45) is 5.92 Å². The first-order chi connectivity index (χ1) is 13.0. The zero-order chi connectivity index (χ0) is 19.4. The summed E-state index contributed by atoms with van der Waals surface area (Å²) in [5, 5.41) is 7.55. The molecule has 1 aliphatic rings. The van der Waals surface area contributed by atoms with Crippen molar-refractivity contribution in [2.45, 2.75) is 52.5 Å². The minimum atomic E-state index is -0.837. The Morgan fingerprint density at radius 3 is 2.52 bits per heavy atom. The summed E-state index contributed by atoms with van der Waals surface area (Å²) in [7, 11) is 0. The molecule has 1 N–H and O–H groups in total. The number of esters is 1. The molecule has 6 heteroatoms. The van der Waals surface area contributed by atoms with Crippen molar-refractivity contribution in [3.63, 3.8) is 0 Å². The Kier molecular flexibility index (Phi) is 5.94. The highest BCUT2D eigenvalue weighted by atomic mass is 16.5. The number of nitrogens with zero attached hydrogens (tertiary/aromatic N) is 2. The van der Waals surface area contributed by atoms with Gasteiger partial charge in [-0.2, -0.15) is 5.10 Å². The maximum absolute atomic E-state index is 12.7. The number of hydrogen-bond donors (Lipinski definition) is 1. The van der Waals surface area contributed by atoms with Crippen molar-refractivity contribution >= 4 is 11.9 Å². The molecular formula is C21H27N3O3. The second kappa shape index (κ2) is 8.37. The molecule has 1 heterocycles. The zero-order valence-electron chi connectivity index (χ0n) is 16.2. The number of aromatic nitrogens is 2. The van der Waals surface area contributed by atoms with E-state index in [4.69, 9.17) is 4.74 Å². The second-order valence-corrected chi connectivity index (χ2v) is 7.01. The first kappa shape index (κ1) is 19.1. The largest absolute Gasteiger partial charge is 0.464 e. The number of amides is 1. The lowest BCUT2D eigenvalue weighted by molar-refractivity contribution is -0.148. The second-order valence-electron chi connectivity index (χ2n) is 7.01. The Balaban J connectivity index is 1.95. The van der Waals surface area contributed by atoms with Gasteiger partial charge in [0.2, 0.25) is 5.91 Å². The van der Waals surface area contributed by atoms with Crippen molar-refractivity contribution in [2.75, 3.05) is 6.61 Å². The Morgan fingerprint density at radius 1 is 1.22 bits per heavy atom. The van der Waals surface area contributed by atoms with Crippen LogP contribution in [-0.4, -0.2) is 28.3 Å². The summed E-state index contributed by atoms with van der Waals surface area (Å²) in [6.07, 6.45) is 3.88. The number of ether oxygens (including phenoxy) is 1. The number of para-hydroxylation sites is 1. The highest BCUT2D eigenvalue weighted by molar-refractivity contribution is 5.87. The van der Waals surface area contributed by atoms with Crippen LogP contribution < -0.4 is 5.32 Å². The summed E-state index contributed by atoms with van der Waals surface area (Å²) < 4.78 is 7.06. The van der Waals surface area contributed by atoms with Crippen LogP contribution in [-0.2, 0) is 14.3 Å². The molecule has 0 spiro atoms. The van der Waals surface area contributed by atoms with Gasteiger partial charge in [0.15, 0.2) is 6.04 Å². The SMILES string of the molecule is CCOC(=O)[C@@H](NC(=O)C1CCCC1)c1c(C)nn(-c2ccccc2)c1C. The van der Waals surface area contributed by atoms with Gasteiger partial charge in [-0.3, -0.25) is 4.79 Å². The minimum Gasteiger partial charge on any atom is -0.464 e. The smallest absolute Gasteiger partial charge is 0.333 e. The molecular weight excluding hydrogens is 342 g/mol. The maximum atomic E-state index is 12.7. The van der Waals surface area contributed by atoms with Gasteiger partial charge in [-0.1, -0.05) is 31.0 Å². The van der Waals surface area contributed by atoms with Gasteiger partial charge in [-0.15, -0.1) is 0 Å². The van der Waals surface area contributed by atoms with E-state index in [1.807, 2.05) is 44.2 Å². The molecule has 0 bridgehead atoms. The molecule has 1 aromatic carbocycles. The predicted octanol–water partition coefficient (Wildman–Crippen LogP) is 3.40. The summed E-state index contributed by atoms with van der Waals surface area (Å²) in [6.45, 7) is 5.80. The molecule has 3 rings (SSSR count). The van der Waals surface area contributed by atoms with Crippen molar-refractivity contribution in [1.29, 1.82) is 0 Å². The third-order valence-corrected chi connectivity index (χ3v) is 5.17. The van der Waals surface area contributed by atoms with Gasteiger partial charge in [-0.25, -0.2) is 9.48 Å². The molecule has 0 unspecified atom stereocenters. The highest BCUT2D eigenvalue weighted by Crippen LogP contribution is 2.29. The average Bonchev–Trinajstić information content (AvgIpc) is 3.29. The summed E-state index contributed by atoms with van der Waals surface area (Å²) in [5.74, 6) is -0.536. The lowest BCUT2D eigenvalue weighted by atomic mass is 10.0. The van der Waals surface area contributed by atoms with Gasteiger partial charge in [0.25, 0.3) is 0 Å². The third-order valence-electron chi connectivity index (χ3n) is 5.17. The van der Waals surface area contributed by atoms with E-state index in [0.717, 1.165) is 37.1 Å². The lowest BCUT2D eigenvalue weighted by Crippen LogP contribution is -2.38. The van der Waals surface area contributed by atoms with E-state index in [9.17, 15) is 9.59 Å². The van der Waals surface area contributed by atoms with Gasteiger partial charge < -0.3 is 10.1 Å². The topological polar surface area (TPSA) is 73.2 Å². The molecule has 1 aromatic heterocycles. The standard InChI is InChI=1S/C21H27N3O3/c1-4-27-21(26)19(22-20(25)16-10-8-9-11-16)18-14(2)23-24(15(18)3)17-12-6-5-7-13-17/h5-7,12-13,16,19H,4,8-11H2,1-3H3,(H,22,25)/t19-/m0/s1. The molecule has 0 saturated heterocycles. The molecule has 0 radical (unpaired) electrons. The van der Waals surface area contributed by atoms with Gasteiger partial charge in [-0.05, 0) is 45.7 Å². The van der Waals surface area contributed by atoms with E-state index in [2.05, 4.69) is 10.4 Å².